The summed E-state index contributed by atoms with van der Waals surface area (Å²) >= 11 is 1.83. The number of carbonyl (C=O) groups excluding carboxylic acids is 2. The Kier molecular flexibility index (Phi) is 8.85. The van der Waals surface area contributed by atoms with Crippen molar-refractivity contribution in [1.29, 1.82) is 5.26 Å². The molecule has 0 aliphatic carbocycles. The van der Waals surface area contributed by atoms with Crippen molar-refractivity contribution >= 4 is 29.7 Å². The molecule has 0 fully saturated rings. The number of unbranched alkanes of at least 4 members (excludes halogenated alkanes) is 1. The average Bonchev–Trinajstić information content (AvgIpc) is 3.43. The first-order valence-electron chi connectivity index (χ1n) is 14.0. The minimum Gasteiger partial charge on any atom is -0.269 e. The highest BCUT2D eigenvalue weighted by molar-refractivity contribution is 7.99. The predicted octanol–water partition coefficient (Wildman–Crippen LogP) is 7.53. The molecule has 42 heavy (non-hydrogen) atoms. The highest BCUT2D eigenvalue weighted by Crippen LogP contribution is 2.32. The van der Waals surface area contributed by atoms with Gasteiger partial charge in [0.25, 0.3) is 11.8 Å². The minimum absolute atomic E-state index is 0.0292. The number of amides is 2. The number of aryl methyl sites for hydroxylation is 1. The van der Waals surface area contributed by atoms with E-state index >= 15 is 0 Å². The topological polar surface area (TPSA) is 79.0 Å². The Bertz CT molecular complexity index is 1710. The smallest absolute Gasteiger partial charge is 0.269 e. The fourth-order valence-corrected chi connectivity index (χ4v) is 5.78. The molecule has 4 aromatic rings. The molecule has 5 rings (SSSR count). The molecule has 2 heterocycles. The second-order valence-electron chi connectivity index (χ2n) is 10.3. The van der Waals surface area contributed by atoms with Crippen LogP contribution in [0.1, 0.15) is 43.4 Å². The van der Waals surface area contributed by atoms with Crippen LogP contribution < -0.4 is 0 Å². The largest absolute Gasteiger partial charge is 0.271 e. The Morgan fingerprint density at radius 2 is 1.64 bits per heavy atom. The lowest BCUT2D eigenvalue weighted by molar-refractivity contribution is -0.141. The number of nitrogens with zero attached hydrogens (tertiary/aromatic N) is 4. The summed E-state index contributed by atoms with van der Waals surface area (Å²) in [6, 6.07) is 27.8. The molecule has 0 spiro atoms. The summed E-state index contributed by atoms with van der Waals surface area (Å²) in [4.78, 5) is 29.4. The molecule has 210 valence electrons. The summed E-state index contributed by atoms with van der Waals surface area (Å²) < 4.78 is 1.79. The van der Waals surface area contributed by atoms with Crippen molar-refractivity contribution in [3.8, 4) is 23.0 Å². The van der Waals surface area contributed by atoms with E-state index in [-0.39, 0.29) is 12.1 Å². The molecule has 0 bridgehead atoms. The van der Waals surface area contributed by atoms with Crippen molar-refractivity contribution in [1.82, 2.24) is 14.7 Å². The molecule has 0 saturated heterocycles. The number of nitriles is 1. The molecule has 1 aliphatic rings. The van der Waals surface area contributed by atoms with Gasteiger partial charge in [0.05, 0.1) is 17.9 Å². The maximum atomic E-state index is 13.8. The van der Waals surface area contributed by atoms with Crippen molar-refractivity contribution in [2.45, 2.75) is 45.1 Å². The van der Waals surface area contributed by atoms with Gasteiger partial charge in [-0.2, -0.15) is 10.4 Å². The highest BCUT2D eigenvalue weighted by atomic mass is 32.2. The lowest BCUT2D eigenvalue weighted by Gasteiger charge is -2.27. The van der Waals surface area contributed by atoms with Crippen LogP contribution in [0.15, 0.2) is 107 Å². The Balaban J connectivity index is 1.58. The quantitative estimate of drug-likeness (QED) is 0.0896. The van der Waals surface area contributed by atoms with E-state index in [1.54, 1.807) is 17.7 Å². The van der Waals surface area contributed by atoms with Gasteiger partial charge in [-0.1, -0.05) is 73.5 Å². The van der Waals surface area contributed by atoms with Crippen molar-refractivity contribution in [3.63, 3.8) is 0 Å². The standard InChI is InChI=1S/C35H32N4O2S/c1-4-5-19-42-30-17-15-27(16-18-30)33-28(23-39(37-33)29-9-7-6-8-10-29)20-31-25(3)32(21-36)35(41)38(34(31)40)22-26-13-11-24(2)12-14-26/h6-18,20,23H,4-5,19,22H2,1-3H3/b31-20+. The van der Waals surface area contributed by atoms with Crippen LogP contribution >= 0.6 is 11.8 Å². The number of rotatable bonds is 9. The minimum atomic E-state index is -0.575. The zero-order valence-electron chi connectivity index (χ0n) is 24.0. The lowest BCUT2D eigenvalue weighted by atomic mass is 9.93. The number of hydrogen-bond acceptors (Lipinski definition) is 5. The second-order valence-corrected chi connectivity index (χ2v) is 11.5. The van der Waals surface area contributed by atoms with Gasteiger partial charge in [-0.3, -0.25) is 14.5 Å². The summed E-state index contributed by atoms with van der Waals surface area (Å²) in [5.74, 6) is 0.0648. The number of thioether (sulfide) groups is 1. The van der Waals surface area contributed by atoms with Crippen LogP contribution in [-0.2, 0) is 16.1 Å². The fraction of sp³-hybridized carbons (Fsp3) is 0.200. The molecule has 1 aliphatic heterocycles. The highest BCUT2D eigenvalue weighted by Gasteiger charge is 2.35. The fourth-order valence-electron chi connectivity index (χ4n) is 4.78. The predicted molar refractivity (Wildman–Crippen MR) is 168 cm³/mol. The molecule has 0 atom stereocenters. The van der Waals surface area contributed by atoms with Crippen molar-refractivity contribution in [2.75, 3.05) is 5.75 Å². The number of imide groups is 1. The van der Waals surface area contributed by atoms with Gasteiger partial charge in [-0.15, -0.1) is 11.8 Å². The SMILES string of the molecule is CCCCSc1ccc(-c2nn(-c3ccccc3)cc2/C=C2/C(=O)N(Cc3ccc(C)cc3)C(=O)C(C#N)=C2C)cc1. The number of benzene rings is 3. The zero-order chi connectivity index (χ0) is 29.6. The molecular weight excluding hydrogens is 540 g/mol. The van der Waals surface area contributed by atoms with Gasteiger partial charge in [-0.05, 0) is 67.5 Å². The van der Waals surface area contributed by atoms with Crippen LogP contribution in [0.2, 0.25) is 0 Å². The van der Waals surface area contributed by atoms with Crippen LogP contribution in [0.25, 0.3) is 23.0 Å². The van der Waals surface area contributed by atoms with Crippen molar-refractivity contribution in [2.24, 2.45) is 0 Å². The third kappa shape index (κ3) is 6.14. The molecular formula is C35H32N4O2S. The first kappa shape index (κ1) is 28.8. The molecule has 2 amide bonds. The Hall–Kier alpha value is -4.67. The van der Waals surface area contributed by atoms with E-state index in [0.29, 0.717) is 16.8 Å². The molecule has 0 N–H and O–H groups in total. The molecule has 0 radical (unpaired) electrons. The van der Waals surface area contributed by atoms with Gasteiger partial charge in [0.1, 0.15) is 11.6 Å². The summed E-state index contributed by atoms with van der Waals surface area (Å²) in [5, 5.41) is 14.8. The summed E-state index contributed by atoms with van der Waals surface area (Å²) in [6.45, 7) is 5.91. The van der Waals surface area contributed by atoms with Gasteiger partial charge in [-0.25, -0.2) is 4.68 Å². The third-order valence-corrected chi connectivity index (χ3v) is 8.34. The van der Waals surface area contributed by atoms with Crippen LogP contribution in [0, 0.1) is 18.3 Å². The van der Waals surface area contributed by atoms with Crippen LogP contribution in [0.3, 0.4) is 0 Å². The third-order valence-electron chi connectivity index (χ3n) is 7.24. The number of para-hydroxylation sites is 1. The summed E-state index contributed by atoms with van der Waals surface area (Å²) in [5.41, 5.74) is 5.76. The van der Waals surface area contributed by atoms with Gasteiger partial charge in [0.2, 0.25) is 0 Å². The van der Waals surface area contributed by atoms with Crippen LogP contribution in [-0.4, -0.2) is 32.2 Å². The summed E-state index contributed by atoms with van der Waals surface area (Å²) in [6.07, 6.45) is 5.97. The van der Waals surface area contributed by atoms with Gasteiger partial charge >= 0.3 is 0 Å². The van der Waals surface area contributed by atoms with Gasteiger partial charge in [0.15, 0.2) is 0 Å². The van der Waals surface area contributed by atoms with E-state index < -0.39 is 11.8 Å². The zero-order valence-corrected chi connectivity index (χ0v) is 24.8. The van der Waals surface area contributed by atoms with E-state index in [4.69, 9.17) is 5.10 Å². The molecule has 1 aromatic heterocycles. The van der Waals surface area contributed by atoms with Gasteiger partial charge < -0.3 is 0 Å². The maximum Gasteiger partial charge on any atom is 0.271 e. The maximum absolute atomic E-state index is 13.8. The van der Waals surface area contributed by atoms with E-state index in [0.717, 1.165) is 45.0 Å². The van der Waals surface area contributed by atoms with Crippen LogP contribution in [0.4, 0.5) is 0 Å². The van der Waals surface area contributed by atoms with Crippen molar-refractivity contribution in [3.05, 3.63) is 118 Å². The average molecular weight is 573 g/mol. The van der Waals surface area contributed by atoms with E-state index in [1.165, 1.54) is 11.3 Å². The number of aromatic nitrogens is 2. The lowest BCUT2D eigenvalue weighted by Crippen LogP contribution is -2.42. The van der Waals surface area contributed by atoms with E-state index in [1.807, 2.05) is 97.7 Å². The summed E-state index contributed by atoms with van der Waals surface area (Å²) in [7, 11) is 0. The normalized spacial score (nSPS) is 14.5. The van der Waals surface area contributed by atoms with Crippen LogP contribution in [0.5, 0.6) is 0 Å². The molecule has 3 aromatic carbocycles. The Labute approximate surface area is 251 Å². The number of hydrogen-bond donors (Lipinski definition) is 0. The van der Waals surface area contributed by atoms with Gasteiger partial charge in [0, 0.05) is 27.8 Å². The van der Waals surface area contributed by atoms with E-state index in [9.17, 15) is 14.9 Å². The molecule has 0 unspecified atom stereocenters. The molecule has 6 nitrogen and oxygen atoms in total. The first-order valence-corrected chi connectivity index (χ1v) is 15.0. The number of carbonyl (C=O) groups is 2. The second kappa shape index (κ2) is 12.9. The first-order chi connectivity index (χ1) is 20.4. The Morgan fingerprint density at radius 1 is 0.929 bits per heavy atom. The molecule has 7 heteroatoms. The van der Waals surface area contributed by atoms with Crippen molar-refractivity contribution < 1.29 is 9.59 Å². The monoisotopic (exact) mass is 572 g/mol. The van der Waals surface area contributed by atoms with E-state index in [2.05, 4.69) is 19.1 Å². The Morgan fingerprint density at radius 3 is 2.31 bits per heavy atom. The molecule has 0 saturated carbocycles.